The van der Waals surface area contributed by atoms with Crippen molar-refractivity contribution in [2.24, 2.45) is 0 Å². The molecule has 100 valence electrons. The van der Waals surface area contributed by atoms with Crippen molar-refractivity contribution in [2.75, 3.05) is 19.8 Å². The molecule has 0 aromatic rings. The first-order chi connectivity index (χ1) is 8.12. The van der Waals surface area contributed by atoms with Gasteiger partial charge in [-0.3, -0.25) is 4.79 Å². The van der Waals surface area contributed by atoms with Crippen molar-refractivity contribution in [3.63, 3.8) is 0 Å². The number of hydrogen-bond acceptors (Lipinski definition) is 4. The van der Waals surface area contributed by atoms with Crippen LogP contribution in [0, 0.1) is 0 Å². The smallest absolute Gasteiger partial charge is 0.307 e. The minimum Gasteiger partial charge on any atom is -0.466 e. The summed E-state index contributed by atoms with van der Waals surface area (Å²) in [4.78, 5) is 11.7. The lowest BCUT2D eigenvalue weighted by atomic mass is 9.83. The van der Waals surface area contributed by atoms with Gasteiger partial charge < -0.3 is 14.8 Å². The molecule has 1 aliphatic heterocycles. The molecule has 0 aromatic heterocycles. The Kier molecular flexibility index (Phi) is 5.92. The minimum atomic E-state index is -0.125. The molecule has 0 radical (unpaired) electrons. The molecule has 0 bridgehead atoms. The third-order valence-corrected chi connectivity index (χ3v) is 3.20. The fourth-order valence-corrected chi connectivity index (χ4v) is 2.43. The maximum absolute atomic E-state index is 11.7. The summed E-state index contributed by atoms with van der Waals surface area (Å²) < 4.78 is 10.6. The number of nitrogens with one attached hydrogen (secondary N) is 1. The normalized spacial score (nSPS) is 29.0. The molecule has 4 nitrogen and oxygen atoms in total. The Balaban J connectivity index is 2.60. The van der Waals surface area contributed by atoms with Crippen LogP contribution in [-0.4, -0.2) is 37.4 Å². The van der Waals surface area contributed by atoms with Gasteiger partial charge in [0.05, 0.1) is 19.1 Å². The zero-order valence-electron chi connectivity index (χ0n) is 11.3. The largest absolute Gasteiger partial charge is 0.466 e. The monoisotopic (exact) mass is 243 g/mol. The van der Waals surface area contributed by atoms with Crippen molar-refractivity contribution in [3.05, 3.63) is 0 Å². The summed E-state index contributed by atoms with van der Waals surface area (Å²) in [6.07, 6.45) is 3.50. The van der Waals surface area contributed by atoms with Gasteiger partial charge in [0.2, 0.25) is 0 Å². The Labute approximate surface area is 104 Å². The molecule has 17 heavy (non-hydrogen) atoms. The predicted molar refractivity (Wildman–Crippen MR) is 66.9 cm³/mol. The Bertz CT molecular complexity index is 245. The van der Waals surface area contributed by atoms with E-state index in [1.807, 2.05) is 6.92 Å². The first-order valence-electron chi connectivity index (χ1n) is 6.64. The molecule has 1 aliphatic rings. The van der Waals surface area contributed by atoms with Crippen LogP contribution >= 0.6 is 0 Å². The Hall–Kier alpha value is -0.610. The molecule has 1 fully saturated rings. The van der Waals surface area contributed by atoms with Gasteiger partial charge in [-0.25, -0.2) is 0 Å². The highest BCUT2D eigenvalue weighted by atomic mass is 16.5. The lowest BCUT2D eigenvalue weighted by Gasteiger charge is -2.40. The number of carbonyl (C=O) groups excluding carboxylic acids is 1. The second-order valence-electron chi connectivity index (χ2n) is 4.82. The Morgan fingerprint density at radius 2 is 2.29 bits per heavy atom. The van der Waals surface area contributed by atoms with Crippen LogP contribution in [0.15, 0.2) is 0 Å². The summed E-state index contributed by atoms with van der Waals surface area (Å²) in [5, 5.41) is 3.52. The molecule has 2 unspecified atom stereocenters. The van der Waals surface area contributed by atoms with E-state index < -0.39 is 0 Å². The summed E-state index contributed by atoms with van der Waals surface area (Å²) >= 11 is 0. The van der Waals surface area contributed by atoms with Crippen LogP contribution in [0.25, 0.3) is 0 Å². The summed E-state index contributed by atoms with van der Waals surface area (Å²) in [6, 6.07) is 0. The second kappa shape index (κ2) is 6.97. The topological polar surface area (TPSA) is 47.6 Å². The van der Waals surface area contributed by atoms with Gasteiger partial charge in [0.25, 0.3) is 0 Å². The standard InChI is InChI=1S/C13H25NO3/c1-4-7-14-13(10-12(15)16-5-2)6-8-17-11(3)9-13/h11,14H,4-10H2,1-3H3. The minimum absolute atomic E-state index is 0.106. The van der Waals surface area contributed by atoms with E-state index >= 15 is 0 Å². The van der Waals surface area contributed by atoms with Gasteiger partial charge >= 0.3 is 5.97 Å². The van der Waals surface area contributed by atoms with Gasteiger partial charge in [-0.05, 0) is 39.7 Å². The first-order valence-corrected chi connectivity index (χ1v) is 6.64. The van der Waals surface area contributed by atoms with E-state index in [4.69, 9.17) is 9.47 Å². The summed E-state index contributed by atoms with van der Waals surface area (Å²) in [5.74, 6) is -0.106. The number of carbonyl (C=O) groups is 1. The molecule has 0 spiro atoms. The fourth-order valence-electron chi connectivity index (χ4n) is 2.43. The molecule has 0 saturated carbocycles. The maximum Gasteiger partial charge on any atom is 0.307 e. The van der Waals surface area contributed by atoms with Gasteiger partial charge in [0, 0.05) is 12.1 Å². The summed E-state index contributed by atoms with van der Waals surface area (Å²) in [6.45, 7) is 8.15. The first kappa shape index (κ1) is 14.5. The molecular formula is C13H25NO3. The zero-order valence-corrected chi connectivity index (χ0v) is 11.3. The molecule has 1 N–H and O–H groups in total. The van der Waals surface area contributed by atoms with Crippen LogP contribution in [0.5, 0.6) is 0 Å². The average Bonchev–Trinajstić information content (AvgIpc) is 2.26. The van der Waals surface area contributed by atoms with Gasteiger partial charge in [-0.15, -0.1) is 0 Å². The van der Waals surface area contributed by atoms with Crippen molar-refractivity contribution >= 4 is 5.97 Å². The van der Waals surface area contributed by atoms with E-state index in [0.717, 1.165) is 32.4 Å². The van der Waals surface area contributed by atoms with Gasteiger partial charge in [0.15, 0.2) is 0 Å². The number of esters is 1. The molecule has 4 heteroatoms. The zero-order chi connectivity index (χ0) is 12.7. The molecule has 0 aliphatic carbocycles. The van der Waals surface area contributed by atoms with E-state index in [1.165, 1.54) is 0 Å². The summed E-state index contributed by atoms with van der Waals surface area (Å²) in [7, 11) is 0. The summed E-state index contributed by atoms with van der Waals surface area (Å²) in [5.41, 5.74) is -0.125. The van der Waals surface area contributed by atoms with Crippen molar-refractivity contribution in [2.45, 2.75) is 58.1 Å². The quantitative estimate of drug-likeness (QED) is 0.724. The van der Waals surface area contributed by atoms with Gasteiger partial charge in [-0.1, -0.05) is 6.92 Å². The average molecular weight is 243 g/mol. The molecular weight excluding hydrogens is 218 g/mol. The van der Waals surface area contributed by atoms with Gasteiger partial charge in [-0.2, -0.15) is 0 Å². The van der Waals surface area contributed by atoms with Crippen LogP contribution in [0.4, 0.5) is 0 Å². The number of rotatable bonds is 6. The van der Waals surface area contributed by atoms with Crippen molar-refractivity contribution in [1.29, 1.82) is 0 Å². The van der Waals surface area contributed by atoms with Crippen LogP contribution in [0.1, 0.15) is 46.5 Å². The van der Waals surface area contributed by atoms with Gasteiger partial charge in [0.1, 0.15) is 0 Å². The van der Waals surface area contributed by atoms with Crippen molar-refractivity contribution in [3.8, 4) is 0 Å². The lowest BCUT2D eigenvalue weighted by molar-refractivity contribution is -0.146. The molecule has 1 heterocycles. The Morgan fingerprint density at radius 3 is 2.88 bits per heavy atom. The number of ether oxygens (including phenoxy) is 2. The Morgan fingerprint density at radius 1 is 1.53 bits per heavy atom. The molecule has 0 aromatic carbocycles. The highest BCUT2D eigenvalue weighted by Gasteiger charge is 2.37. The van der Waals surface area contributed by atoms with E-state index in [2.05, 4.69) is 19.2 Å². The molecule has 2 atom stereocenters. The fraction of sp³-hybridized carbons (Fsp3) is 0.923. The van der Waals surface area contributed by atoms with E-state index in [0.29, 0.717) is 13.0 Å². The molecule has 0 amide bonds. The third-order valence-electron chi connectivity index (χ3n) is 3.20. The van der Waals surface area contributed by atoms with Crippen molar-refractivity contribution < 1.29 is 14.3 Å². The predicted octanol–water partition coefficient (Wildman–Crippen LogP) is 1.88. The molecule has 1 rings (SSSR count). The van der Waals surface area contributed by atoms with E-state index in [1.54, 1.807) is 0 Å². The van der Waals surface area contributed by atoms with Crippen LogP contribution in [-0.2, 0) is 14.3 Å². The van der Waals surface area contributed by atoms with Crippen LogP contribution < -0.4 is 5.32 Å². The highest BCUT2D eigenvalue weighted by molar-refractivity contribution is 5.71. The van der Waals surface area contributed by atoms with Crippen molar-refractivity contribution in [1.82, 2.24) is 5.32 Å². The van der Waals surface area contributed by atoms with Crippen LogP contribution in [0.2, 0.25) is 0 Å². The SMILES string of the molecule is CCCNC1(CC(=O)OCC)CCOC(C)C1. The number of hydrogen-bond donors (Lipinski definition) is 1. The maximum atomic E-state index is 11.7. The molecule has 1 saturated heterocycles. The highest BCUT2D eigenvalue weighted by Crippen LogP contribution is 2.28. The van der Waals surface area contributed by atoms with Crippen LogP contribution in [0.3, 0.4) is 0 Å². The third kappa shape index (κ3) is 4.64. The van der Waals surface area contributed by atoms with E-state index in [9.17, 15) is 4.79 Å². The second-order valence-corrected chi connectivity index (χ2v) is 4.82. The van der Waals surface area contributed by atoms with E-state index in [-0.39, 0.29) is 17.6 Å². The lowest BCUT2D eigenvalue weighted by Crippen LogP contribution is -2.53.